The van der Waals surface area contributed by atoms with Crippen LogP contribution in [0.1, 0.15) is 29.9 Å². The molecule has 10 nitrogen and oxygen atoms in total. The van der Waals surface area contributed by atoms with E-state index >= 15 is 0 Å². The van der Waals surface area contributed by atoms with Crippen molar-refractivity contribution in [1.82, 2.24) is 24.5 Å². The zero-order valence-corrected chi connectivity index (χ0v) is 15.8. The summed E-state index contributed by atoms with van der Waals surface area (Å²) < 4.78 is 14.5. The number of benzene rings is 1. The van der Waals surface area contributed by atoms with Gasteiger partial charge in [0.25, 0.3) is 5.56 Å². The number of nitrogens with one attached hydrogen (secondary N) is 1. The fraction of sp³-hybridized carbons (Fsp3) is 0.368. The molecule has 0 unspecified atom stereocenters. The summed E-state index contributed by atoms with van der Waals surface area (Å²) in [5.74, 6) is 0.729. The van der Waals surface area contributed by atoms with Crippen LogP contribution >= 0.6 is 0 Å². The van der Waals surface area contributed by atoms with Crippen LogP contribution in [0, 0.1) is 6.92 Å². The zero-order valence-electron chi connectivity index (χ0n) is 15.8. The van der Waals surface area contributed by atoms with Crippen molar-refractivity contribution < 1.29 is 14.6 Å². The lowest BCUT2D eigenvalue weighted by atomic mass is 10.1. The molecule has 2 aromatic heterocycles. The predicted octanol–water partition coefficient (Wildman–Crippen LogP) is 0.537. The second-order valence-electron chi connectivity index (χ2n) is 6.89. The number of rotatable bonds is 6. The van der Waals surface area contributed by atoms with Gasteiger partial charge in [-0.05, 0) is 19.1 Å². The Bertz CT molecular complexity index is 1090. The number of aliphatic hydroxyl groups excluding tert-OH is 1. The first-order valence-electron chi connectivity index (χ1n) is 9.22. The third kappa shape index (κ3) is 3.98. The van der Waals surface area contributed by atoms with Gasteiger partial charge in [0, 0.05) is 18.2 Å². The Morgan fingerprint density at radius 2 is 2.07 bits per heavy atom. The number of para-hydroxylation sites is 1. The van der Waals surface area contributed by atoms with Gasteiger partial charge in [0.15, 0.2) is 0 Å². The molecule has 29 heavy (non-hydrogen) atoms. The molecule has 3 aromatic rings. The van der Waals surface area contributed by atoms with Gasteiger partial charge in [0.05, 0.1) is 18.8 Å². The van der Waals surface area contributed by atoms with E-state index in [9.17, 15) is 14.7 Å². The molecule has 1 aromatic carbocycles. The molecule has 0 saturated carbocycles. The van der Waals surface area contributed by atoms with Crippen molar-refractivity contribution in [2.24, 2.45) is 0 Å². The van der Waals surface area contributed by atoms with Crippen LogP contribution in [0.25, 0.3) is 0 Å². The molecule has 4 rings (SSSR count). The van der Waals surface area contributed by atoms with Crippen molar-refractivity contribution in [2.45, 2.75) is 38.3 Å². The molecule has 3 heterocycles. The molecule has 0 bridgehead atoms. The van der Waals surface area contributed by atoms with Crippen LogP contribution in [0.3, 0.4) is 0 Å². The highest BCUT2D eigenvalue weighted by atomic mass is 16.5. The van der Waals surface area contributed by atoms with Crippen molar-refractivity contribution in [3.63, 3.8) is 0 Å². The maximum atomic E-state index is 12.2. The monoisotopic (exact) mass is 399 g/mol. The molecule has 1 aliphatic rings. The van der Waals surface area contributed by atoms with Crippen LogP contribution in [0.15, 0.2) is 52.3 Å². The number of aromatic amines is 1. The van der Waals surface area contributed by atoms with Gasteiger partial charge in [-0.3, -0.25) is 14.3 Å². The predicted molar refractivity (Wildman–Crippen MR) is 102 cm³/mol. The van der Waals surface area contributed by atoms with Gasteiger partial charge in [-0.1, -0.05) is 23.4 Å². The van der Waals surface area contributed by atoms with E-state index in [-0.39, 0.29) is 19.3 Å². The Labute approximate surface area is 165 Å². The third-order valence-electron chi connectivity index (χ3n) is 4.87. The summed E-state index contributed by atoms with van der Waals surface area (Å²) in [5, 5.41) is 18.0. The molecule has 1 saturated heterocycles. The number of aryl methyl sites for hydroxylation is 1. The van der Waals surface area contributed by atoms with Crippen molar-refractivity contribution >= 4 is 0 Å². The molecule has 0 amide bonds. The standard InChI is InChI=1S/C19H21N5O5/c1-12-8-23(19(27)20-18(12)26)17-7-15(16(10-25)29-17)24-9-13(21-22-24)11-28-14-5-3-2-4-6-14/h2-6,8-9,15-17,25H,7,10-11H2,1H3,(H,20,26,27)/t15-,16+,17+/m0/s1. The van der Waals surface area contributed by atoms with Crippen LogP contribution in [0.2, 0.25) is 0 Å². The van der Waals surface area contributed by atoms with Crippen molar-refractivity contribution in [3.8, 4) is 5.75 Å². The summed E-state index contributed by atoms with van der Waals surface area (Å²) in [7, 11) is 0. The van der Waals surface area contributed by atoms with E-state index in [0.717, 1.165) is 5.75 Å². The lowest BCUT2D eigenvalue weighted by Gasteiger charge is -2.15. The lowest BCUT2D eigenvalue weighted by Crippen LogP contribution is -2.33. The first kappa shape index (κ1) is 19.1. The second kappa shape index (κ2) is 8.02. The van der Waals surface area contributed by atoms with Gasteiger partial charge in [-0.2, -0.15) is 0 Å². The minimum Gasteiger partial charge on any atom is -0.487 e. The normalized spacial score (nSPS) is 21.4. The summed E-state index contributed by atoms with van der Waals surface area (Å²) >= 11 is 0. The Morgan fingerprint density at radius 1 is 1.28 bits per heavy atom. The van der Waals surface area contributed by atoms with E-state index in [1.54, 1.807) is 17.8 Å². The van der Waals surface area contributed by atoms with Crippen LogP contribution in [0.5, 0.6) is 5.75 Å². The number of nitrogens with zero attached hydrogens (tertiary/aromatic N) is 4. The minimum atomic E-state index is -0.631. The van der Waals surface area contributed by atoms with Gasteiger partial charge in [0.2, 0.25) is 0 Å². The van der Waals surface area contributed by atoms with E-state index in [0.29, 0.717) is 17.7 Å². The number of aromatic nitrogens is 5. The van der Waals surface area contributed by atoms with Crippen LogP contribution in [0.4, 0.5) is 0 Å². The van der Waals surface area contributed by atoms with Gasteiger partial charge in [-0.25, -0.2) is 9.48 Å². The lowest BCUT2D eigenvalue weighted by molar-refractivity contribution is -0.0323. The average Bonchev–Trinajstić information content (AvgIpc) is 3.36. The van der Waals surface area contributed by atoms with Gasteiger partial charge < -0.3 is 14.6 Å². The van der Waals surface area contributed by atoms with Crippen LogP contribution in [-0.2, 0) is 11.3 Å². The molecular formula is C19H21N5O5. The molecule has 1 fully saturated rings. The fourth-order valence-electron chi connectivity index (χ4n) is 3.34. The summed E-state index contributed by atoms with van der Waals surface area (Å²) in [5.41, 5.74) is 0.0432. The van der Waals surface area contributed by atoms with Crippen molar-refractivity contribution in [1.29, 1.82) is 0 Å². The first-order chi connectivity index (χ1) is 14.0. The Morgan fingerprint density at radius 3 is 2.83 bits per heavy atom. The van der Waals surface area contributed by atoms with E-state index in [1.807, 2.05) is 30.3 Å². The van der Waals surface area contributed by atoms with Crippen LogP contribution in [-0.4, -0.2) is 42.4 Å². The third-order valence-corrected chi connectivity index (χ3v) is 4.87. The summed E-state index contributed by atoms with van der Waals surface area (Å²) in [6.07, 6.45) is 2.39. The smallest absolute Gasteiger partial charge is 0.330 e. The van der Waals surface area contributed by atoms with Gasteiger partial charge in [-0.15, -0.1) is 5.10 Å². The highest BCUT2D eigenvalue weighted by Crippen LogP contribution is 2.35. The van der Waals surface area contributed by atoms with E-state index < -0.39 is 23.6 Å². The van der Waals surface area contributed by atoms with Crippen molar-refractivity contribution in [2.75, 3.05) is 6.61 Å². The Balaban J connectivity index is 1.50. The topological polar surface area (TPSA) is 124 Å². The fourth-order valence-corrected chi connectivity index (χ4v) is 3.34. The molecule has 10 heteroatoms. The van der Waals surface area contributed by atoms with E-state index in [1.165, 1.54) is 10.8 Å². The maximum Gasteiger partial charge on any atom is 0.330 e. The molecule has 0 radical (unpaired) electrons. The molecule has 3 atom stereocenters. The average molecular weight is 399 g/mol. The molecule has 152 valence electrons. The summed E-state index contributed by atoms with van der Waals surface area (Å²) in [6, 6.07) is 9.06. The second-order valence-corrected chi connectivity index (χ2v) is 6.89. The Hall–Kier alpha value is -3.24. The summed E-state index contributed by atoms with van der Waals surface area (Å²) in [4.78, 5) is 26.0. The highest BCUT2D eigenvalue weighted by Gasteiger charge is 2.38. The van der Waals surface area contributed by atoms with Gasteiger partial charge in [0.1, 0.15) is 30.4 Å². The first-order valence-corrected chi connectivity index (χ1v) is 9.22. The Kier molecular flexibility index (Phi) is 5.28. The number of H-pyrrole nitrogens is 1. The molecule has 0 aliphatic carbocycles. The quantitative estimate of drug-likeness (QED) is 0.620. The van der Waals surface area contributed by atoms with E-state index in [4.69, 9.17) is 9.47 Å². The molecule has 0 spiro atoms. The number of hydrogen-bond donors (Lipinski definition) is 2. The van der Waals surface area contributed by atoms with Crippen LogP contribution < -0.4 is 16.0 Å². The largest absolute Gasteiger partial charge is 0.487 e. The zero-order chi connectivity index (χ0) is 20.4. The number of aliphatic hydroxyl groups is 1. The highest BCUT2D eigenvalue weighted by molar-refractivity contribution is 5.21. The molecule has 2 N–H and O–H groups in total. The summed E-state index contributed by atoms with van der Waals surface area (Å²) in [6.45, 7) is 1.62. The number of hydrogen-bond acceptors (Lipinski definition) is 7. The van der Waals surface area contributed by atoms with Gasteiger partial charge >= 0.3 is 5.69 Å². The maximum absolute atomic E-state index is 12.2. The minimum absolute atomic E-state index is 0.242. The SMILES string of the molecule is Cc1cn([C@H]2C[C@H](n3cc(COc4ccccc4)nn3)[C@@H](CO)O2)c(=O)[nH]c1=O. The molecular weight excluding hydrogens is 378 g/mol. The molecule has 1 aliphatic heterocycles. The van der Waals surface area contributed by atoms with Crippen molar-refractivity contribution in [3.05, 3.63) is 74.8 Å². The number of ether oxygens (including phenoxy) is 2. The van der Waals surface area contributed by atoms with E-state index in [2.05, 4.69) is 15.3 Å².